The Morgan fingerprint density at radius 3 is 2.05 bits per heavy atom. The van der Waals surface area contributed by atoms with Gasteiger partial charge in [-0.3, -0.25) is 4.90 Å². The molecule has 0 aromatic heterocycles. The van der Waals surface area contributed by atoms with Crippen LogP contribution >= 0.6 is 0 Å². The number of hydrogen-bond donors (Lipinski definition) is 1. The van der Waals surface area contributed by atoms with E-state index in [1.165, 1.54) is 11.1 Å². The van der Waals surface area contributed by atoms with Gasteiger partial charge in [0.2, 0.25) is 0 Å². The van der Waals surface area contributed by atoms with Crippen LogP contribution in [-0.2, 0) is 0 Å². The number of nitrogens with zero attached hydrogens (tertiary/aromatic N) is 1. The fourth-order valence-electron chi connectivity index (χ4n) is 3.78. The third kappa shape index (κ3) is 3.08. The van der Waals surface area contributed by atoms with Gasteiger partial charge in [0.05, 0.1) is 6.10 Å². The first-order valence-corrected chi connectivity index (χ1v) is 8.33. The van der Waals surface area contributed by atoms with E-state index in [0.717, 1.165) is 25.9 Å². The van der Waals surface area contributed by atoms with E-state index in [4.69, 9.17) is 0 Å². The molecule has 2 heteroatoms. The summed E-state index contributed by atoms with van der Waals surface area (Å²) < 4.78 is 0. The van der Waals surface area contributed by atoms with Crippen molar-refractivity contribution in [1.29, 1.82) is 0 Å². The second-order valence-electron chi connectivity index (χ2n) is 6.13. The predicted octanol–water partition coefficient (Wildman–Crippen LogP) is 3.66. The van der Waals surface area contributed by atoms with Crippen molar-refractivity contribution in [1.82, 2.24) is 4.90 Å². The minimum absolute atomic E-state index is 0.156. The zero-order valence-electron chi connectivity index (χ0n) is 13.2. The SMILES string of the molecule is CCN1CCC[C@@H](O)[C@@H]1C(c1ccccc1)c1ccccc1. The summed E-state index contributed by atoms with van der Waals surface area (Å²) in [6.45, 7) is 4.25. The van der Waals surface area contributed by atoms with Crippen molar-refractivity contribution in [2.45, 2.75) is 37.8 Å². The van der Waals surface area contributed by atoms with E-state index in [-0.39, 0.29) is 18.1 Å². The van der Waals surface area contributed by atoms with Crippen LogP contribution in [0.15, 0.2) is 60.7 Å². The van der Waals surface area contributed by atoms with Crippen molar-refractivity contribution < 1.29 is 5.11 Å². The molecule has 0 bridgehead atoms. The summed E-state index contributed by atoms with van der Waals surface area (Å²) in [5.74, 6) is 0.220. The molecule has 2 aromatic carbocycles. The molecule has 2 nitrogen and oxygen atoms in total. The smallest absolute Gasteiger partial charge is 0.0705 e. The van der Waals surface area contributed by atoms with E-state index in [1.807, 2.05) is 0 Å². The second kappa shape index (κ2) is 7.08. The molecule has 0 saturated carbocycles. The van der Waals surface area contributed by atoms with Crippen LogP contribution in [0.4, 0.5) is 0 Å². The fourth-order valence-corrected chi connectivity index (χ4v) is 3.78. The van der Waals surface area contributed by atoms with Gasteiger partial charge in [-0.15, -0.1) is 0 Å². The summed E-state index contributed by atoms with van der Waals surface area (Å²) in [5.41, 5.74) is 2.58. The minimum atomic E-state index is -0.265. The molecule has 2 atom stereocenters. The number of benzene rings is 2. The Hall–Kier alpha value is -1.64. The van der Waals surface area contributed by atoms with Gasteiger partial charge in [-0.2, -0.15) is 0 Å². The van der Waals surface area contributed by atoms with Crippen LogP contribution < -0.4 is 0 Å². The number of aliphatic hydroxyl groups excluding tert-OH is 1. The summed E-state index contributed by atoms with van der Waals surface area (Å²) in [7, 11) is 0. The quantitative estimate of drug-likeness (QED) is 0.930. The predicted molar refractivity (Wildman–Crippen MR) is 91.0 cm³/mol. The molecule has 1 aliphatic heterocycles. The lowest BCUT2D eigenvalue weighted by atomic mass is 9.79. The molecular formula is C20H25NO. The van der Waals surface area contributed by atoms with Crippen molar-refractivity contribution >= 4 is 0 Å². The molecule has 0 spiro atoms. The zero-order chi connectivity index (χ0) is 15.4. The Kier molecular flexibility index (Phi) is 4.91. The number of piperidine rings is 1. The summed E-state index contributed by atoms with van der Waals surface area (Å²) >= 11 is 0. The highest BCUT2D eigenvalue weighted by Gasteiger charge is 2.36. The molecule has 0 amide bonds. The monoisotopic (exact) mass is 295 g/mol. The third-order valence-electron chi connectivity index (χ3n) is 4.83. The molecule has 22 heavy (non-hydrogen) atoms. The largest absolute Gasteiger partial charge is 0.391 e. The van der Waals surface area contributed by atoms with Gasteiger partial charge in [-0.05, 0) is 37.1 Å². The highest BCUT2D eigenvalue weighted by molar-refractivity contribution is 5.35. The first-order chi connectivity index (χ1) is 10.8. The van der Waals surface area contributed by atoms with E-state index in [0.29, 0.717) is 0 Å². The lowest BCUT2D eigenvalue weighted by Crippen LogP contribution is -2.51. The maximum Gasteiger partial charge on any atom is 0.0705 e. The van der Waals surface area contributed by atoms with Crippen LogP contribution in [0.5, 0.6) is 0 Å². The van der Waals surface area contributed by atoms with Crippen molar-refractivity contribution in [3.05, 3.63) is 71.8 Å². The zero-order valence-corrected chi connectivity index (χ0v) is 13.2. The summed E-state index contributed by atoms with van der Waals surface area (Å²) in [6, 6.07) is 21.4. The van der Waals surface area contributed by atoms with E-state index in [9.17, 15) is 5.11 Å². The van der Waals surface area contributed by atoms with Crippen LogP contribution in [0.2, 0.25) is 0 Å². The molecule has 1 fully saturated rings. The topological polar surface area (TPSA) is 23.5 Å². The third-order valence-corrected chi connectivity index (χ3v) is 4.83. The lowest BCUT2D eigenvalue weighted by Gasteiger charge is -2.43. The van der Waals surface area contributed by atoms with Gasteiger partial charge in [0.15, 0.2) is 0 Å². The molecule has 116 valence electrons. The molecule has 2 aromatic rings. The molecule has 1 N–H and O–H groups in total. The molecule has 1 heterocycles. The van der Waals surface area contributed by atoms with Gasteiger partial charge in [-0.1, -0.05) is 67.6 Å². The van der Waals surface area contributed by atoms with Crippen LogP contribution in [0.3, 0.4) is 0 Å². The second-order valence-corrected chi connectivity index (χ2v) is 6.13. The average Bonchev–Trinajstić information content (AvgIpc) is 2.58. The van der Waals surface area contributed by atoms with Crippen LogP contribution in [0.25, 0.3) is 0 Å². The maximum atomic E-state index is 10.7. The normalized spacial score (nSPS) is 22.9. The van der Waals surface area contributed by atoms with Crippen molar-refractivity contribution in [2.24, 2.45) is 0 Å². The number of hydrogen-bond acceptors (Lipinski definition) is 2. The highest BCUT2D eigenvalue weighted by atomic mass is 16.3. The van der Waals surface area contributed by atoms with Crippen molar-refractivity contribution in [3.8, 4) is 0 Å². The van der Waals surface area contributed by atoms with Crippen molar-refractivity contribution in [3.63, 3.8) is 0 Å². The number of aliphatic hydroxyl groups is 1. The number of likely N-dealkylation sites (N-methyl/N-ethyl adjacent to an activating group) is 1. The van der Waals surface area contributed by atoms with E-state index >= 15 is 0 Å². The highest BCUT2D eigenvalue weighted by Crippen LogP contribution is 2.35. The van der Waals surface area contributed by atoms with Crippen LogP contribution in [0.1, 0.15) is 36.8 Å². The van der Waals surface area contributed by atoms with Gasteiger partial charge in [0, 0.05) is 12.0 Å². The molecule has 1 saturated heterocycles. The summed E-state index contributed by atoms with van der Waals surface area (Å²) in [4.78, 5) is 2.44. The van der Waals surface area contributed by atoms with Crippen LogP contribution in [0, 0.1) is 0 Å². The number of rotatable bonds is 4. The minimum Gasteiger partial charge on any atom is -0.391 e. The Labute approximate surface area is 133 Å². The van der Waals surface area contributed by atoms with Crippen molar-refractivity contribution in [2.75, 3.05) is 13.1 Å². The summed E-state index contributed by atoms with van der Waals surface area (Å²) in [5, 5.41) is 10.7. The van der Waals surface area contributed by atoms with Gasteiger partial charge in [-0.25, -0.2) is 0 Å². The molecule has 0 unspecified atom stereocenters. The standard InChI is InChI=1S/C20H25NO/c1-2-21-15-9-14-18(22)20(21)19(16-10-5-3-6-11-16)17-12-7-4-8-13-17/h3-8,10-13,18-20,22H,2,9,14-15H2,1H3/t18-,20-/m1/s1. The van der Waals surface area contributed by atoms with E-state index in [2.05, 4.69) is 72.5 Å². The van der Waals surface area contributed by atoms with E-state index in [1.54, 1.807) is 0 Å². The van der Waals surface area contributed by atoms with Gasteiger partial charge >= 0.3 is 0 Å². The number of likely N-dealkylation sites (tertiary alicyclic amines) is 1. The molecule has 3 rings (SSSR count). The van der Waals surface area contributed by atoms with Gasteiger partial charge in [0.1, 0.15) is 0 Å². The fraction of sp³-hybridized carbons (Fsp3) is 0.400. The first-order valence-electron chi connectivity index (χ1n) is 8.33. The Morgan fingerprint density at radius 2 is 1.55 bits per heavy atom. The Morgan fingerprint density at radius 1 is 1.00 bits per heavy atom. The van der Waals surface area contributed by atoms with Gasteiger partial charge < -0.3 is 5.11 Å². The van der Waals surface area contributed by atoms with E-state index < -0.39 is 0 Å². The maximum absolute atomic E-state index is 10.7. The van der Waals surface area contributed by atoms with Gasteiger partial charge in [0.25, 0.3) is 0 Å². The first kappa shape index (κ1) is 15.3. The van der Waals surface area contributed by atoms with Crippen LogP contribution in [-0.4, -0.2) is 35.2 Å². The Balaban J connectivity index is 2.04. The lowest BCUT2D eigenvalue weighted by molar-refractivity contribution is 0.00585. The Bertz CT molecular complexity index is 529. The molecule has 0 radical (unpaired) electrons. The molecular weight excluding hydrogens is 270 g/mol. The summed E-state index contributed by atoms with van der Waals surface area (Å²) in [6.07, 6.45) is 1.72. The molecule has 0 aliphatic carbocycles. The molecule has 1 aliphatic rings. The average molecular weight is 295 g/mol.